The number of hydrogen-bond donors (Lipinski definition) is 2. The fourth-order valence-corrected chi connectivity index (χ4v) is 5.58. The molecule has 0 atom stereocenters. The van der Waals surface area contributed by atoms with Gasteiger partial charge in [0.2, 0.25) is 5.91 Å². The Morgan fingerprint density at radius 3 is 2.47 bits per heavy atom. The number of nitrogens with one attached hydrogen (secondary N) is 2. The minimum absolute atomic E-state index is 0.00453. The third-order valence-corrected chi connectivity index (χ3v) is 7.81. The Morgan fingerprint density at radius 1 is 0.907 bits per heavy atom. The van der Waals surface area contributed by atoms with Crippen LogP contribution in [-0.4, -0.2) is 34.9 Å². The van der Waals surface area contributed by atoms with Gasteiger partial charge in [0.25, 0.3) is 17.5 Å². The molecule has 0 aromatic heterocycles. The third-order valence-electron chi connectivity index (χ3n) is 6.83. The van der Waals surface area contributed by atoms with Gasteiger partial charge in [-0.15, -0.1) is 11.8 Å². The van der Waals surface area contributed by atoms with Crippen molar-refractivity contribution in [1.82, 2.24) is 5.32 Å². The van der Waals surface area contributed by atoms with E-state index in [4.69, 9.17) is 0 Å². The van der Waals surface area contributed by atoms with E-state index in [1.807, 2.05) is 29.2 Å². The van der Waals surface area contributed by atoms with Crippen molar-refractivity contribution in [2.75, 3.05) is 22.5 Å². The largest absolute Gasteiger partial charge is 0.321 e. The molecule has 0 saturated heterocycles. The summed E-state index contributed by atoms with van der Waals surface area (Å²) < 4.78 is 0. The lowest BCUT2D eigenvalue weighted by Gasteiger charge is -2.29. The van der Waals surface area contributed by atoms with E-state index in [9.17, 15) is 24.5 Å². The first-order valence-electron chi connectivity index (χ1n) is 13.6. The summed E-state index contributed by atoms with van der Waals surface area (Å²) in [5.41, 5.74) is 2.67. The van der Waals surface area contributed by atoms with Gasteiger partial charge >= 0.3 is 0 Å². The maximum absolute atomic E-state index is 13.4. The number of thioether (sulfide) groups is 1. The summed E-state index contributed by atoms with van der Waals surface area (Å²) in [6.07, 6.45) is 3.15. The fourth-order valence-electron chi connectivity index (χ4n) is 4.75. The number of carbonyl (C=O) groups is 3. The van der Waals surface area contributed by atoms with Crippen molar-refractivity contribution < 1.29 is 19.3 Å². The van der Waals surface area contributed by atoms with Gasteiger partial charge in [-0.3, -0.25) is 24.5 Å². The first kappa shape index (κ1) is 29.3. The number of fused-ring (bicyclic) bond motifs is 1. The summed E-state index contributed by atoms with van der Waals surface area (Å²) in [6.45, 7) is 0.676. The van der Waals surface area contributed by atoms with E-state index in [0.29, 0.717) is 17.8 Å². The van der Waals surface area contributed by atoms with Gasteiger partial charge in [0.1, 0.15) is 5.70 Å². The van der Waals surface area contributed by atoms with Crippen LogP contribution in [-0.2, 0) is 16.0 Å². The number of para-hydroxylation sites is 2. The average Bonchev–Trinajstić information content (AvgIpc) is 3.03. The monoisotopic (exact) mass is 592 g/mol. The molecule has 5 rings (SSSR count). The molecule has 0 fully saturated rings. The number of hydrogen-bond acceptors (Lipinski definition) is 6. The van der Waals surface area contributed by atoms with E-state index < -0.39 is 16.7 Å². The summed E-state index contributed by atoms with van der Waals surface area (Å²) in [4.78, 5) is 53.1. The zero-order valence-corrected chi connectivity index (χ0v) is 23.9. The smallest absolute Gasteiger partial charge is 0.276 e. The van der Waals surface area contributed by atoms with Gasteiger partial charge in [0.05, 0.1) is 16.2 Å². The van der Waals surface area contributed by atoms with Crippen LogP contribution < -0.4 is 15.5 Å². The lowest BCUT2D eigenvalue weighted by Crippen LogP contribution is -2.36. The van der Waals surface area contributed by atoms with Crippen LogP contribution in [0.2, 0.25) is 0 Å². The molecule has 10 heteroatoms. The molecule has 9 nitrogen and oxygen atoms in total. The Labute approximate surface area is 252 Å². The number of nitro benzene ring substituents is 1. The van der Waals surface area contributed by atoms with Crippen molar-refractivity contribution in [2.45, 2.75) is 17.7 Å². The van der Waals surface area contributed by atoms with Crippen molar-refractivity contribution in [2.24, 2.45) is 0 Å². The molecule has 0 radical (unpaired) electrons. The molecule has 0 unspecified atom stereocenters. The molecule has 0 saturated carbocycles. The minimum atomic E-state index is -0.661. The van der Waals surface area contributed by atoms with E-state index in [1.165, 1.54) is 41.6 Å². The molecule has 1 aliphatic heterocycles. The highest BCUT2D eigenvalue weighted by atomic mass is 32.2. The van der Waals surface area contributed by atoms with Gasteiger partial charge in [-0.05, 0) is 66.9 Å². The standard InChI is InChI=1S/C33H28N4O5S/c38-31(36-19-9-14-23-10-4-6-17-29(23)36)22-43-27-16-8-15-26(21-27)34-33(40)28(35-32(39)24-11-2-1-3-12-24)20-25-13-5-7-18-30(25)37(41)42/h1-8,10-13,15-18,20-21H,9,14,19,22H2,(H,34,40)(H,35,39)/b28-20-. The SMILES string of the molecule is O=C(Nc1cccc(SCC(=O)N2CCCc3ccccc32)c1)/C(=C/c1ccccc1[N+](=O)[O-])NC(=O)c1ccccc1. The van der Waals surface area contributed by atoms with Crippen LogP contribution in [0.3, 0.4) is 0 Å². The van der Waals surface area contributed by atoms with Crippen LogP contribution in [0.15, 0.2) is 114 Å². The Bertz CT molecular complexity index is 1710. The highest BCUT2D eigenvalue weighted by Crippen LogP contribution is 2.29. The average molecular weight is 593 g/mol. The molecule has 4 aromatic carbocycles. The van der Waals surface area contributed by atoms with E-state index in [1.54, 1.807) is 54.6 Å². The Kier molecular flexibility index (Phi) is 9.28. The maximum atomic E-state index is 13.4. The third kappa shape index (κ3) is 7.35. The van der Waals surface area contributed by atoms with E-state index >= 15 is 0 Å². The maximum Gasteiger partial charge on any atom is 0.276 e. The van der Waals surface area contributed by atoms with Crippen LogP contribution in [0.4, 0.5) is 17.1 Å². The van der Waals surface area contributed by atoms with Crippen LogP contribution in [0, 0.1) is 10.1 Å². The first-order chi connectivity index (χ1) is 20.9. The van der Waals surface area contributed by atoms with Gasteiger partial charge in [-0.2, -0.15) is 0 Å². The molecule has 0 aliphatic carbocycles. The van der Waals surface area contributed by atoms with E-state index in [0.717, 1.165) is 23.4 Å². The number of nitro groups is 1. The fraction of sp³-hybridized carbons (Fsp3) is 0.121. The second kappa shape index (κ2) is 13.6. The molecule has 1 aliphatic rings. The number of nitrogens with zero attached hydrogens (tertiary/aromatic N) is 2. The predicted octanol–water partition coefficient (Wildman–Crippen LogP) is 6.08. The topological polar surface area (TPSA) is 122 Å². The molecule has 2 N–H and O–H groups in total. The van der Waals surface area contributed by atoms with Crippen LogP contribution >= 0.6 is 11.8 Å². The Hall–Kier alpha value is -5.22. The van der Waals surface area contributed by atoms with Crippen molar-refractivity contribution in [3.63, 3.8) is 0 Å². The second-order valence-corrected chi connectivity index (χ2v) is 10.8. The number of aryl methyl sites for hydroxylation is 1. The summed E-state index contributed by atoms with van der Waals surface area (Å²) in [5, 5.41) is 16.9. The summed E-state index contributed by atoms with van der Waals surface area (Å²) >= 11 is 1.36. The van der Waals surface area contributed by atoms with Gasteiger partial charge in [-0.25, -0.2) is 0 Å². The second-order valence-electron chi connectivity index (χ2n) is 9.74. The van der Waals surface area contributed by atoms with Gasteiger partial charge in [0.15, 0.2) is 0 Å². The van der Waals surface area contributed by atoms with Crippen molar-refractivity contribution in [1.29, 1.82) is 0 Å². The lowest BCUT2D eigenvalue weighted by molar-refractivity contribution is -0.385. The zero-order valence-electron chi connectivity index (χ0n) is 23.1. The number of carbonyl (C=O) groups excluding carboxylic acids is 3. The van der Waals surface area contributed by atoms with Crippen molar-refractivity contribution in [3.05, 3.63) is 136 Å². The van der Waals surface area contributed by atoms with Gasteiger partial charge < -0.3 is 15.5 Å². The minimum Gasteiger partial charge on any atom is -0.321 e. The first-order valence-corrected chi connectivity index (χ1v) is 14.6. The quantitative estimate of drug-likeness (QED) is 0.105. The van der Waals surface area contributed by atoms with Crippen LogP contribution in [0.1, 0.15) is 27.9 Å². The molecular formula is C33H28N4O5S. The van der Waals surface area contributed by atoms with E-state index in [2.05, 4.69) is 16.7 Å². The number of amides is 3. The summed E-state index contributed by atoms with van der Waals surface area (Å²) in [7, 11) is 0. The summed E-state index contributed by atoms with van der Waals surface area (Å²) in [5.74, 6) is -0.972. The summed E-state index contributed by atoms with van der Waals surface area (Å²) in [6, 6.07) is 29.3. The number of rotatable bonds is 9. The normalized spacial score (nSPS) is 12.7. The zero-order chi connectivity index (χ0) is 30.2. The Morgan fingerprint density at radius 2 is 1.65 bits per heavy atom. The molecule has 0 spiro atoms. The Balaban J connectivity index is 1.32. The molecule has 43 heavy (non-hydrogen) atoms. The van der Waals surface area contributed by atoms with E-state index in [-0.39, 0.29) is 28.6 Å². The van der Waals surface area contributed by atoms with Gasteiger partial charge in [0, 0.05) is 34.4 Å². The van der Waals surface area contributed by atoms with Crippen molar-refractivity contribution >= 4 is 52.6 Å². The highest BCUT2D eigenvalue weighted by molar-refractivity contribution is 8.00. The highest BCUT2D eigenvalue weighted by Gasteiger charge is 2.22. The number of benzene rings is 4. The molecule has 1 heterocycles. The molecule has 216 valence electrons. The predicted molar refractivity (Wildman–Crippen MR) is 168 cm³/mol. The lowest BCUT2D eigenvalue weighted by atomic mass is 10.0. The van der Waals surface area contributed by atoms with Crippen LogP contribution in [0.5, 0.6) is 0 Å². The molecule has 3 amide bonds. The molecule has 4 aromatic rings. The number of anilines is 2. The molecular weight excluding hydrogens is 564 g/mol. The van der Waals surface area contributed by atoms with Crippen LogP contribution in [0.25, 0.3) is 6.08 Å². The van der Waals surface area contributed by atoms with Crippen molar-refractivity contribution in [3.8, 4) is 0 Å². The van der Waals surface area contributed by atoms with Gasteiger partial charge in [-0.1, -0.05) is 54.6 Å². The molecule has 0 bridgehead atoms.